The number of hydrogen-bond acceptors (Lipinski definition) is 5. The highest BCUT2D eigenvalue weighted by atomic mass is 16.5. The summed E-state index contributed by atoms with van der Waals surface area (Å²) in [5.74, 6) is 2.42. The zero-order valence-corrected chi connectivity index (χ0v) is 15.3. The third-order valence-corrected chi connectivity index (χ3v) is 3.84. The Balaban J connectivity index is 1.68. The highest BCUT2D eigenvalue weighted by molar-refractivity contribution is 5.79. The lowest BCUT2D eigenvalue weighted by Crippen LogP contribution is -2.41. The van der Waals surface area contributed by atoms with Crippen LogP contribution in [0.3, 0.4) is 0 Å². The van der Waals surface area contributed by atoms with Gasteiger partial charge in [0.15, 0.2) is 5.96 Å². The van der Waals surface area contributed by atoms with E-state index in [9.17, 15) is 0 Å². The Hall–Kier alpha value is -1.99. The van der Waals surface area contributed by atoms with Crippen LogP contribution in [0, 0.1) is 0 Å². The van der Waals surface area contributed by atoms with E-state index in [1.54, 1.807) is 7.11 Å². The fourth-order valence-electron chi connectivity index (χ4n) is 2.50. The van der Waals surface area contributed by atoms with Crippen molar-refractivity contribution >= 4 is 5.96 Å². The Morgan fingerprint density at radius 3 is 2.80 bits per heavy atom. The average Bonchev–Trinajstić information content (AvgIpc) is 2.66. The third kappa shape index (κ3) is 7.62. The molecule has 0 unspecified atom stereocenters. The van der Waals surface area contributed by atoms with E-state index >= 15 is 0 Å². The van der Waals surface area contributed by atoms with Gasteiger partial charge in [0.1, 0.15) is 18.1 Å². The highest BCUT2D eigenvalue weighted by Crippen LogP contribution is 2.18. The number of benzene rings is 1. The number of methoxy groups -OCH3 is 1. The Kier molecular flexibility index (Phi) is 8.93. The van der Waals surface area contributed by atoms with Crippen LogP contribution in [0.15, 0.2) is 29.3 Å². The minimum absolute atomic E-state index is 0.557. The van der Waals surface area contributed by atoms with Gasteiger partial charge in [-0.15, -0.1) is 0 Å². The second-order valence-electron chi connectivity index (χ2n) is 5.67. The summed E-state index contributed by atoms with van der Waals surface area (Å²) < 4.78 is 16.3. The summed E-state index contributed by atoms with van der Waals surface area (Å²) in [4.78, 5) is 6.99. The van der Waals surface area contributed by atoms with Gasteiger partial charge in [-0.2, -0.15) is 0 Å². The van der Waals surface area contributed by atoms with Crippen LogP contribution in [0.25, 0.3) is 0 Å². The summed E-state index contributed by atoms with van der Waals surface area (Å²) in [7, 11) is 1.65. The van der Waals surface area contributed by atoms with Crippen LogP contribution in [0.5, 0.6) is 11.5 Å². The molecule has 1 aromatic rings. The highest BCUT2D eigenvalue weighted by Gasteiger charge is 2.09. The molecule has 7 heteroatoms. The first kappa shape index (κ1) is 19.3. The molecule has 140 valence electrons. The van der Waals surface area contributed by atoms with E-state index in [0.29, 0.717) is 13.2 Å². The van der Waals surface area contributed by atoms with Crippen molar-refractivity contribution in [2.75, 3.05) is 66.2 Å². The van der Waals surface area contributed by atoms with Crippen LogP contribution < -0.4 is 20.1 Å². The molecule has 1 aliphatic heterocycles. The van der Waals surface area contributed by atoms with Gasteiger partial charge in [-0.3, -0.25) is 9.89 Å². The zero-order chi connectivity index (χ0) is 17.7. The monoisotopic (exact) mass is 350 g/mol. The van der Waals surface area contributed by atoms with Gasteiger partial charge in [0.25, 0.3) is 0 Å². The average molecular weight is 350 g/mol. The van der Waals surface area contributed by atoms with Crippen molar-refractivity contribution in [2.45, 2.75) is 6.92 Å². The van der Waals surface area contributed by atoms with Crippen molar-refractivity contribution in [1.29, 1.82) is 0 Å². The lowest BCUT2D eigenvalue weighted by Gasteiger charge is -2.25. The van der Waals surface area contributed by atoms with Gasteiger partial charge in [-0.05, 0) is 19.1 Å². The van der Waals surface area contributed by atoms with E-state index < -0.39 is 0 Å². The molecule has 2 N–H and O–H groups in total. The number of guanidine groups is 1. The number of aliphatic imine (C=N–C) groups is 1. The van der Waals surface area contributed by atoms with Crippen LogP contribution >= 0.6 is 0 Å². The summed E-state index contributed by atoms with van der Waals surface area (Å²) in [6.45, 7) is 9.50. The minimum atomic E-state index is 0.557. The Labute approximate surface area is 150 Å². The Bertz CT molecular complexity index is 519. The van der Waals surface area contributed by atoms with Gasteiger partial charge in [-0.1, -0.05) is 6.07 Å². The van der Waals surface area contributed by atoms with Gasteiger partial charge in [0.05, 0.1) is 33.4 Å². The van der Waals surface area contributed by atoms with E-state index in [-0.39, 0.29) is 0 Å². The molecule has 7 nitrogen and oxygen atoms in total. The second kappa shape index (κ2) is 11.5. The number of rotatable bonds is 9. The molecular formula is C18H30N4O3. The summed E-state index contributed by atoms with van der Waals surface area (Å²) in [5, 5.41) is 6.55. The molecule has 0 spiro atoms. The van der Waals surface area contributed by atoms with Gasteiger partial charge in [0.2, 0.25) is 0 Å². The van der Waals surface area contributed by atoms with Crippen molar-refractivity contribution in [3.8, 4) is 11.5 Å². The molecule has 1 heterocycles. The minimum Gasteiger partial charge on any atom is -0.497 e. The maximum absolute atomic E-state index is 5.73. The van der Waals surface area contributed by atoms with E-state index in [1.165, 1.54) is 0 Å². The number of hydrogen-bond donors (Lipinski definition) is 2. The lowest BCUT2D eigenvalue weighted by molar-refractivity contribution is 0.0394. The summed E-state index contributed by atoms with van der Waals surface area (Å²) in [5.41, 5.74) is 0. The number of nitrogens with zero attached hydrogens (tertiary/aromatic N) is 2. The predicted molar refractivity (Wildman–Crippen MR) is 99.7 cm³/mol. The van der Waals surface area contributed by atoms with Crippen LogP contribution in [-0.2, 0) is 4.74 Å². The van der Waals surface area contributed by atoms with Gasteiger partial charge in [-0.25, -0.2) is 0 Å². The van der Waals surface area contributed by atoms with Crippen molar-refractivity contribution in [1.82, 2.24) is 15.5 Å². The first-order chi connectivity index (χ1) is 12.3. The second-order valence-corrected chi connectivity index (χ2v) is 5.67. The lowest BCUT2D eigenvalue weighted by atomic mass is 10.3. The standard InChI is InChI=1S/C18H30N4O3/c1-3-19-18(20-7-9-22-10-13-24-14-11-22)21-8-12-25-17-6-4-5-16(15-17)23-2/h4-6,15H,3,7-14H2,1-2H3,(H2,19,20,21). The van der Waals surface area contributed by atoms with E-state index in [0.717, 1.165) is 63.4 Å². The van der Waals surface area contributed by atoms with E-state index in [4.69, 9.17) is 14.2 Å². The molecular weight excluding hydrogens is 320 g/mol. The smallest absolute Gasteiger partial charge is 0.191 e. The fraction of sp³-hybridized carbons (Fsp3) is 0.611. The molecule has 2 rings (SSSR count). The van der Waals surface area contributed by atoms with Crippen molar-refractivity contribution in [2.24, 2.45) is 4.99 Å². The van der Waals surface area contributed by atoms with Crippen LogP contribution in [0.2, 0.25) is 0 Å². The largest absolute Gasteiger partial charge is 0.497 e. The molecule has 0 saturated carbocycles. The number of ether oxygens (including phenoxy) is 3. The van der Waals surface area contributed by atoms with Crippen LogP contribution in [0.4, 0.5) is 0 Å². The topological polar surface area (TPSA) is 67.4 Å². The third-order valence-electron chi connectivity index (χ3n) is 3.84. The van der Waals surface area contributed by atoms with Crippen LogP contribution in [0.1, 0.15) is 6.92 Å². The zero-order valence-electron chi connectivity index (χ0n) is 15.3. The number of nitrogens with one attached hydrogen (secondary N) is 2. The summed E-state index contributed by atoms with van der Waals surface area (Å²) in [6, 6.07) is 7.61. The molecule has 0 aromatic heterocycles. The van der Waals surface area contributed by atoms with E-state index in [2.05, 4.69) is 27.4 Å². The fourth-order valence-corrected chi connectivity index (χ4v) is 2.50. The Morgan fingerprint density at radius 1 is 1.24 bits per heavy atom. The predicted octanol–water partition coefficient (Wildman–Crippen LogP) is 0.961. The number of morpholine rings is 1. The quantitative estimate of drug-likeness (QED) is 0.393. The maximum Gasteiger partial charge on any atom is 0.191 e. The molecule has 1 saturated heterocycles. The first-order valence-corrected chi connectivity index (χ1v) is 8.91. The molecule has 0 amide bonds. The molecule has 0 aliphatic carbocycles. The SMILES string of the molecule is CCNC(=NCCN1CCOCC1)NCCOc1cccc(OC)c1. The molecule has 25 heavy (non-hydrogen) atoms. The van der Waals surface area contributed by atoms with Crippen molar-refractivity contribution in [3.63, 3.8) is 0 Å². The van der Waals surface area contributed by atoms with E-state index in [1.807, 2.05) is 24.3 Å². The van der Waals surface area contributed by atoms with Crippen LogP contribution in [-0.4, -0.2) is 77.1 Å². The molecule has 0 bridgehead atoms. The molecule has 1 fully saturated rings. The molecule has 1 aliphatic rings. The summed E-state index contributed by atoms with van der Waals surface area (Å²) >= 11 is 0. The molecule has 1 aromatic carbocycles. The Morgan fingerprint density at radius 2 is 2.04 bits per heavy atom. The van der Waals surface area contributed by atoms with Gasteiger partial charge in [0, 0.05) is 32.2 Å². The normalized spacial score (nSPS) is 15.7. The van der Waals surface area contributed by atoms with Crippen molar-refractivity contribution in [3.05, 3.63) is 24.3 Å². The molecule has 0 atom stereocenters. The van der Waals surface area contributed by atoms with Crippen molar-refractivity contribution < 1.29 is 14.2 Å². The summed E-state index contributed by atoms with van der Waals surface area (Å²) in [6.07, 6.45) is 0. The first-order valence-electron chi connectivity index (χ1n) is 8.91. The van der Waals surface area contributed by atoms with Gasteiger partial charge < -0.3 is 24.8 Å². The van der Waals surface area contributed by atoms with Gasteiger partial charge >= 0.3 is 0 Å². The molecule has 0 radical (unpaired) electrons. The maximum atomic E-state index is 5.73.